The number of nitrogens with zero attached hydrogens (tertiary/aromatic N) is 1. The van der Waals surface area contributed by atoms with E-state index < -0.39 is 0 Å². The molecule has 0 bridgehead atoms. The van der Waals surface area contributed by atoms with Gasteiger partial charge in [0.25, 0.3) is 0 Å². The minimum Gasteiger partial charge on any atom is -0.456 e. The van der Waals surface area contributed by atoms with Gasteiger partial charge in [0.15, 0.2) is 0 Å². The first-order valence-corrected chi connectivity index (χ1v) is 18.4. The molecule has 2 heteroatoms. The number of hydrogen-bond acceptors (Lipinski definition) is 2. The third-order valence-electron chi connectivity index (χ3n) is 10.5. The van der Waals surface area contributed by atoms with E-state index in [0.29, 0.717) is 0 Å². The quantitative estimate of drug-likeness (QED) is 0.166. The molecule has 2 nitrogen and oxygen atoms in total. The van der Waals surface area contributed by atoms with Gasteiger partial charge in [0, 0.05) is 16.8 Å². The Morgan fingerprint density at radius 2 is 0.852 bits per heavy atom. The zero-order valence-electron chi connectivity index (χ0n) is 29.6. The molecule has 9 aromatic carbocycles. The van der Waals surface area contributed by atoms with Crippen molar-refractivity contribution in [1.29, 1.82) is 0 Å². The molecule has 0 spiro atoms. The highest BCUT2D eigenvalue weighted by Gasteiger charge is 2.20. The molecule has 0 unspecified atom stereocenters. The summed E-state index contributed by atoms with van der Waals surface area (Å²) in [5.74, 6) is 0. The fourth-order valence-corrected chi connectivity index (χ4v) is 7.89. The summed E-state index contributed by atoms with van der Waals surface area (Å²) in [5, 5.41) is 4.66. The normalized spacial score (nSPS) is 11.3. The number of para-hydroxylation sites is 1. The molecule has 0 amide bonds. The minimum absolute atomic E-state index is 0.871. The largest absolute Gasteiger partial charge is 0.456 e. The molecule has 0 aliphatic heterocycles. The van der Waals surface area contributed by atoms with Crippen LogP contribution in [0.5, 0.6) is 0 Å². The third-order valence-corrected chi connectivity index (χ3v) is 10.5. The monoisotopic (exact) mass is 689 g/mol. The van der Waals surface area contributed by atoms with Crippen molar-refractivity contribution in [1.82, 2.24) is 0 Å². The molecule has 0 saturated carbocycles. The second-order valence-corrected chi connectivity index (χ2v) is 13.7. The van der Waals surface area contributed by atoms with E-state index in [1.165, 1.54) is 49.7 Å². The maximum Gasteiger partial charge on any atom is 0.137 e. The first-order valence-electron chi connectivity index (χ1n) is 18.4. The predicted molar refractivity (Wildman–Crippen MR) is 228 cm³/mol. The van der Waals surface area contributed by atoms with Crippen LogP contribution in [-0.4, -0.2) is 0 Å². The van der Waals surface area contributed by atoms with Gasteiger partial charge in [-0.25, -0.2) is 0 Å². The molecule has 1 heterocycles. The second-order valence-electron chi connectivity index (χ2n) is 13.7. The molecule has 0 radical (unpaired) electrons. The fourth-order valence-electron chi connectivity index (χ4n) is 7.89. The summed E-state index contributed by atoms with van der Waals surface area (Å²) in [6, 6.07) is 75.9. The van der Waals surface area contributed by atoms with Crippen LogP contribution in [0.25, 0.3) is 77.2 Å². The highest BCUT2D eigenvalue weighted by atomic mass is 16.3. The number of furan rings is 1. The van der Waals surface area contributed by atoms with Gasteiger partial charge in [0.05, 0.1) is 11.1 Å². The van der Waals surface area contributed by atoms with Gasteiger partial charge in [-0.1, -0.05) is 158 Å². The molecule has 0 N–H and O–H groups in total. The van der Waals surface area contributed by atoms with Crippen molar-refractivity contribution < 1.29 is 4.42 Å². The molecule has 10 rings (SSSR count). The number of anilines is 3. The first kappa shape index (κ1) is 31.6. The summed E-state index contributed by atoms with van der Waals surface area (Å²) < 4.78 is 6.36. The maximum absolute atomic E-state index is 6.36. The Morgan fingerprint density at radius 1 is 0.315 bits per heavy atom. The van der Waals surface area contributed by atoms with Crippen molar-refractivity contribution in [3.63, 3.8) is 0 Å². The van der Waals surface area contributed by atoms with E-state index in [4.69, 9.17) is 4.42 Å². The van der Waals surface area contributed by atoms with Gasteiger partial charge < -0.3 is 9.32 Å². The van der Waals surface area contributed by atoms with E-state index in [1.54, 1.807) is 0 Å². The number of fused-ring (bicyclic) bond motifs is 4. The Hall–Kier alpha value is -7.16. The van der Waals surface area contributed by atoms with Crippen LogP contribution >= 0.6 is 0 Å². The number of hydrogen-bond donors (Lipinski definition) is 0. The van der Waals surface area contributed by atoms with Crippen molar-refractivity contribution in [2.45, 2.75) is 0 Å². The first-order chi connectivity index (χ1) is 26.8. The lowest BCUT2D eigenvalue weighted by Gasteiger charge is -2.26. The molecule has 0 atom stereocenters. The highest BCUT2D eigenvalue weighted by Crippen LogP contribution is 2.44. The maximum atomic E-state index is 6.36. The lowest BCUT2D eigenvalue weighted by atomic mass is 9.89. The summed E-state index contributed by atoms with van der Waals surface area (Å²) in [6.07, 6.45) is 0. The lowest BCUT2D eigenvalue weighted by molar-refractivity contribution is 0.669. The van der Waals surface area contributed by atoms with Crippen LogP contribution in [0.1, 0.15) is 0 Å². The topological polar surface area (TPSA) is 16.4 Å². The lowest BCUT2D eigenvalue weighted by Crippen LogP contribution is -2.10. The SMILES string of the molecule is c1ccc(-c2ccc(N(c3ccc(-c4cc(-c5ccccc5-c5ccccc5)c5ccccc5c4)cc3)c3cccc4oc5ccccc5c34)cc2)cc1. The van der Waals surface area contributed by atoms with E-state index in [9.17, 15) is 0 Å². The van der Waals surface area contributed by atoms with Crippen LogP contribution in [0.3, 0.4) is 0 Å². The van der Waals surface area contributed by atoms with Crippen molar-refractivity contribution >= 4 is 49.8 Å². The second kappa shape index (κ2) is 13.4. The van der Waals surface area contributed by atoms with E-state index in [-0.39, 0.29) is 0 Å². The summed E-state index contributed by atoms with van der Waals surface area (Å²) in [6.45, 7) is 0. The molecular formula is C52H35NO. The summed E-state index contributed by atoms with van der Waals surface area (Å²) >= 11 is 0. The highest BCUT2D eigenvalue weighted by molar-refractivity contribution is 6.13. The Morgan fingerprint density at radius 3 is 1.57 bits per heavy atom. The summed E-state index contributed by atoms with van der Waals surface area (Å²) in [4.78, 5) is 2.35. The van der Waals surface area contributed by atoms with Gasteiger partial charge in [-0.15, -0.1) is 0 Å². The predicted octanol–water partition coefficient (Wildman–Crippen LogP) is 14.9. The van der Waals surface area contributed by atoms with E-state index in [0.717, 1.165) is 44.6 Å². The van der Waals surface area contributed by atoms with Crippen LogP contribution < -0.4 is 4.90 Å². The number of rotatable bonds is 7. The van der Waals surface area contributed by atoms with E-state index in [2.05, 4.69) is 205 Å². The molecule has 0 aliphatic rings. The molecule has 0 fully saturated rings. The molecule has 54 heavy (non-hydrogen) atoms. The Kier molecular flexibility index (Phi) is 7.85. The standard InChI is InChI=1S/C52H35NO/c1-3-14-36(15-4-1)37-26-30-42(31-27-37)53(49-23-13-25-51-52(49)47-22-11-12-24-50(47)54-51)43-32-28-38(29-33-43)41-34-40-18-7-8-20-45(40)48(35-41)46-21-10-9-19-44(46)39-16-5-2-6-17-39/h1-35H. The van der Waals surface area contributed by atoms with Gasteiger partial charge in [-0.05, 0) is 110 Å². The average Bonchev–Trinajstić information content (AvgIpc) is 3.64. The van der Waals surface area contributed by atoms with Gasteiger partial charge in [0.2, 0.25) is 0 Å². The molecule has 1 aromatic heterocycles. The minimum atomic E-state index is 0.871. The summed E-state index contributed by atoms with van der Waals surface area (Å²) in [7, 11) is 0. The molecule has 0 aliphatic carbocycles. The van der Waals surface area contributed by atoms with Gasteiger partial charge >= 0.3 is 0 Å². The van der Waals surface area contributed by atoms with Crippen LogP contribution in [0, 0.1) is 0 Å². The van der Waals surface area contributed by atoms with Gasteiger partial charge in [0.1, 0.15) is 11.2 Å². The van der Waals surface area contributed by atoms with Gasteiger partial charge in [-0.2, -0.15) is 0 Å². The smallest absolute Gasteiger partial charge is 0.137 e. The van der Waals surface area contributed by atoms with Crippen molar-refractivity contribution in [3.05, 3.63) is 212 Å². The van der Waals surface area contributed by atoms with E-state index in [1.807, 2.05) is 12.1 Å². The third kappa shape index (κ3) is 5.62. The fraction of sp³-hybridized carbons (Fsp3) is 0. The van der Waals surface area contributed by atoms with Crippen LogP contribution in [0.4, 0.5) is 17.1 Å². The molecule has 254 valence electrons. The van der Waals surface area contributed by atoms with Gasteiger partial charge in [-0.3, -0.25) is 0 Å². The van der Waals surface area contributed by atoms with Crippen LogP contribution in [-0.2, 0) is 0 Å². The molecular weight excluding hydrogens is 655 g/mol. The Labute approximate surface area is 314 Å². The van der Waals surface area contributed by atoms with Crippen molar-refractivity contribution in [2.75, 3.05) is 4.90 Å². The van der Waals surface area contributed by atoms with Crippen molar-refractivity contribution in [3.8, 4) is 44.5 Å². The molecule has 10 aromatic rings. The number of benzene rings is 9. The van der Waals surface area contributed by atoms with Crippen molar-refractivity contribution in [2.24, 2.45) is 0 Å². The van der Waals surface area contributed by atoms with Crippen LogP contribution in [0.15, 0.2) is 217 Å². The Bertz CT molecular complexity index is 2910. The molecule has 0 saturated heterocycles. The zero-order valence-corrected chi connectivity index (χ0v) is 29.6. The zero-order chi connectivity index (χ0) is 35.8. The average molecular weight is 690 g/mol. The van der Waals surface area contributed by atoms with E-state index >= 15 is 0 Å². The Balaban J connectivity index is 1.11. The van der Waals surface area contributed by atoms with Crippen LogP contribution in [0.2, 0.25) is 0 Å². The summed E-state index contributed by atoms with van der Waals surface area (Å²) in [5.41, 5.74) is 14.6.